The summed E-state index contributed by atoms with van der Waals surface area (Å²) in [4.78, 5) is 23.2. The van der Waals surface area contributed by atoms with E-state index in [1.807, 2.05) is 12.1 Å². The Kier molecular flexibility index (Phi) is 5.09. The normalized spacial score (nSPS) is 17.3. The van der Waals surface area contributed by atoms with Crippen molar-refractivity contribution < 1.29 is 9.18 Å². The van der Waals surface area contributed by atoms with Gasteiger partial charge in [0.25, 0.3) is 0 Å². The zero-order valence-electron chi connectivity index (χ0n) is 15.3. The third-order valence-electron chi connectivity index (χ3n) is 5.19. The van der Waals surface area contributed by atoms with E-state index in [-0.39, 0.29) is 11.8 Å². The molecule has 0 saturated carbocycles. The number of hydrogen-bond donors (Lipinski definition) is 1. The van der Waals surface area contributed by atoms with Crippen molar-refractivity contribution in [1.82, 2.24) is 9.88 Å². The Morgan fingerprint density at radius 2 is 1.59 bits per heavy atom. The van der Waals surface area contributed by atoms with Crippen LogP contribution in [0.5, 0.6) is 0 Å². The molecule has 2 saturated heterocycles. The molecule has 6 nitrogen and oxygen atoms in total. The van der Waals surface area contributed by atoms with E-state index in [4.69, 9.17) is 0 Å². The molecular formula is C20H24FN5O. The van der Waals surface area contributed by atoms with Crippen molar-refractivity contribution >= 4 is 23.2 Å². The first-order valence-electron chi connectivity index (χ1n) is 9.46. The minimum Gasteiger partial charge on any atom is -0.368 e. The predicted molar refractivity (Wildman–Crippen MR) is 105 cm³/mol. The summed E-state index contributed by atoms with van der Waals surface area (Å²) in [6.07, 6.45) is 4.15. The van der Waals surface area contributed by atoms with E-state index in [1.54, 1.807) is 23.2 Å². The van der Waals surface area contributed by atoms with E-state index in [0.717, 1.165) is 37.7 Å². The lowest BCUT2D eigenvalue weighted by molar-refractivity contribution is 0.208. The Hall–Kier alpha value is -2.83. The van der Waals surface area contributed by atoms with Gasteiger partial charge in [0.1, 0.15) is 11.6 Å². The lowest BCUT2D eigenvalue weighted by Crippen LogP contribution is -2.50. The second-order valence-corrected chi connectivity index (χ2v) is 6.98. The molecule has 1 N–H and O–H groups in total. The molecule has 2 amide bonds. The first kappa shape index (κ1) is 17.6. The van der Waals surface area contributed by atoms with Crippen molar-refractivity contribution in [2.24, 2.45) is 0 Å². The van der Waals surface area contributed by atoms with E-state index in [9.17, 15) is 9.18 Å². The van der Waals surface area contributed by atoms with E-state index in [0.29, 0.717) is 18.8 Å². The number of anilines is 3. The van der Waals surface area contributed by atoms with Crippen LogP contribution in [0.4, 0.5) is 26.4 Å². The molecule has 27 heavy (non-hydrogen) atoms. The zero-order chi connectivity index (χ0) is 18.6. The van der Waals surface area contributed by atoms with Crippen molar-refractivity contribution in [1.29, 1.82) is 0 Å². The Labute approximate surface area is 158 Å². The maximum atomic E-state index is 13.1. The average Bonchev–Trinajstić information content (AvgIpc) is 3.24. The summed E-state index contributed by atoms with van der Waals surface area (Å²) < 4.78 is 13.1. The number of carbonyl (C=O) groups excluding carboxylic acids is 1. The number of nitrogens with zero attached hydrogens (tertiary/aromatic N) is 4. The van der Waals surface area contributed by atoms with Crippen LogP contribution in [0.1, 0.15) is 12.8 Å². The number of urea groups is 1. The number of nitrogens with one attached hydrogen (secondary N) is 1. The molecule has 3 heterocycles. The fourth-order valence-corrected chi connectivity index (χ4v) is 3.62. The molecule has 2 fully saturated rings. The van der Waals surface area contributed by atoms with Crippen LogP contribution < -0.4 is 15.1 Å². The van der Waals surface area contributed by atoms with E-state index in [1.165, 1.54) is 25.0 Å². The molecule has 2 aromatic rings. The van der Waals surface area contributed by atoms with E-state index >= 15 is 0 Å². The van der Waals surface area contributed by atoms with Gasteiger partial charge in [-0.3, -0.25) is 0 Å². The number of halogens is 1. The molecule has 0 unspecified atom stereocenters. The molecule has 2 aliphatic heterocycles. The van der Waals surface area contributed by atoms with Crippen LogP contribution in [0, 0.1) is 5.82 Å². The molecule has 0 bridgehead atoms. The smallest absolute Gasteiger partial charge is 0.322 e. The van der Waals surface area contributed by atoms with Crippen LogP contribution >= 0.6 is 0 Å². The van der Waals surface area contributed by atoms with Crippen LogP contribution in [-0.4, -0.2) is 55.2 Å². The minimum absolute atomic E-state index is 0.107. The van der Waals surface area contributed by atoms with Gasteiger partial charge in [-0.1, -0.05) is 0 Å². The summed E-state index contributed by atoms with van der Waals surface area (Å²) in [5, 5.41) is 2.93. The van der Waals surface area contributed by atoms with Gasteiger partial charge >= 0.3 is 6.03 Å². The number of benzene rings is 1. The van der Waals surface area contributed by atoms with Crippen molar-refractivity contribution in [2.75, 3.05) is 54.4 Å². The number of pyridine rings is 1. The Bertz CT molecular complexity index is 766. The van der Waals surface area contributed by atoms with Gasteiger partial charge < -0.3 is 20.0 Å². The van der Waals surface area contributed by atoms with Gasteiger partial charge in [-0.15, -0.1) is 0 Å². The highest BCUT2D eigenvalue weighted by molar-refractivity contribution is 5.89. The van der Waals surface area contributed by atoms with E-state index in [2.05, 4.69) is 20.1 Å². The van der Waals surface area contributed by atoms with Crippen LogP contribution in [0.3, 0.4) is 0 Å². The fraction of sp³-hybridized carbons (Fsp3) is 0.400. The number of piperazine rings is 1. The second-order valence-electron chi connectivity index (χ2n) is 6.98. The Morgan fingerprint density at radius 3 is 2.22 bits per heavy atom. The van der Waals surface area contributed by atoms with Crippen molar-refractivity contribution in [3.63, 3.8) is 0 Å². The van der Waals surface area contributed by atoms with Crippen molar-refractivity contribution in [2.45, 2.75) is 12.8 Å². The molecule has 1 aromatic carbocycles. The predicted octanol–water partition coefficient (Wildman–Crippen LogP) is 3.18. The number of rotatable bonds is 3. The van der Waals surface area contributed by atoms with Crippen LogP contribution in [0.25, 0.3) is 0 Å². The standard InChI is InChI=1S/C20H24FN5O/c21-16-3-6-18(7-4-16)24-11-13-26(14-12-24)20(27)23-17-5-8-19(22-15-17)25-9-1-2-10-25/h3-8,15H,1-2,9-14H2,(H,23,27). The molecule has 7 heteroatoms. The maximum absolute atomic E-state index is 13.1. The average molecular weight is 369 g/mol. The maximum Gasteiger partial charge on any atom is 0.322 e. The number of hydrogen-bond acceptors (Lipinski definition) is 4. The Morgan fingerprint density at radius 1 is 0.889 bits per heavy atom. The molecular weight excluding hydrogens is 345 g/mol. The first-order chi connectivity index (χ1) is 13.2. The van der Waals surface area contributed by atoms with Crippen molar-refractivity contribution in [3.8, 4) is 0 Å². The second kappa shape index (κ2) is 7.82. The SMILES string of the molecule is O=C(Nc1ccc(N2CCCC2)nc1)N1CCN(c2ccc(F)cc2)CC1. The largest absolute Gasteiger partial charge is 0.368 e. The lowest BCUT2D eigenvalue weighted by atomic mass is 10.2. The third-order valence-corrected chi connectivity index (χ3v) is 5.19. The Balaban J connectivity index is 1.29. The molecule has 0 aliphatic carbocycles. The summed E-state index contributed by atoms with van der Waals surface area (Å²) in [6.45, 7) is 4.81. The molecule has 0 atom stereocenters. The van der Waals surface area contributed by atoms with Gasteiger partial charge in [0.15, 0.2) is 0 Å². The quantitative estimate of drug-likeness (QED) is 0.903. The molecule has 142 valence electrons. The summed E-state index contributed by atoms with van der Waals surface area (Å²) in [5.74, 6) is 0.736. The minimum atomic E-state index is -0.235. The summed E-state index contributed by atoms with van der Waals surface area (Å²) in [5.41, 5.74) is 1.70. The number of amides is 2. The van der Waals surface area contributed by atoms with Gasteiger partial charge in [0, 0.05) is 45.0 Å². The lowest BCUT2D eigenvalue weighted by Gasteiger charge is -2.36. The van der Waals surface area contributed by atoms with Crippen molar-refractivity contribution in [3.05, 3.63) is 48.4 Å². The topological polar surface area (TPSA) is 51.7 Å². The third kappa shape index (κ3) is 4.13. The summed E-state index contributed by atoms with van der Waals surface area (Å²) >= 11 is 0. The highest BCUT2D eigenvalue weighted by Crippen LogP contribution is 2.20. The molecule has 0 radical (unpaired) electrons. The van der Waals surface area contributed by atoms with Crippen LogP contribution in [-0.2, 0) is 0 Å². The van der Waals surface area contributed by atoms with Crippen LogP contribution in [0.15, 0.2) is 42.6 Å². The summed E-state index contributed by atoms with van der Waals surface area (Å²) in [6, 6.07) is 10.3. The van der Waals surface area contributed by atoms with Gasteiger partial charge in [-0.25, -0.2) is 14.2 Å². The number of aromatic nitrogens is 1. The highest BCUT2D eigenvalue weighted by atomic mass is 19.1. The van der Waals surface area contributed by atoms with Gasteiger partial charge in [-0.2, -0.15) is 0 Å². The summed E-state index contributed by atoms with van der Waals surface area (Å²) in [7, 11) is 0. The number of carbonyl (C=O) groups is 1. The molecule has 1 aromatic heterocycles. The van der Waals surface area contributed by atoms with Gasteiger partial charge in [0.2, 0.25) is 0 Å². The first-order valence-corrected chi connectivity index (χ1v) is 9.46. The zero-order valence-corrected chi connectivity index (χ0v) is 15.3. The highest BCUT2D eigenvalue weighted by Gasteiger charge is 2.21. The van der Waals surface area contributed by atoms with Gasteiger partial charge in [0.05, 0.1) is 11.9 Å². The molecule has 2 aliphatic rings. The fourth-order valence-electron chi connectivity index (χ4n) is 3.62. The van der Waals surface area contributed by atoms with Crippen LogP contribution in [0.2, 0.25) is 0 Å². The van der Waals surface area contributed by atoms with Gasteiger partial charge in [-0.05, 0) is 49.2 Å². The molecule has 4 rings (SSSR count). The monoisotopic (exact) mass is 369 g/mol. The van der Waals surface area contributed by atoms with E-state index < -0.39 is 0 Å². The molecule has 0 spiro atoms.